The van der Waals surface area contributed by atoms with E-state index in [1.165, 1.54) is 25.1 Å². The topological polar surface area (TPSA) is 239 Å². The highest BCUT2D eigenvalue weighted by Gasteiger charge is 2.46. The molecule has 2 heterocycles. The van der Waals surface area contributed by atoms with E-state index in [9.17, 15) is 38.6 Å². The number of rotatable bonds is 17. The number of halogens is 1. The first-order valence-corrected chi connectivity index (χ1v) is 17.1. The summed E-state index contributed by atoms with van der Waals surface area (Å²) < 4.78 is 25.2. The number of carbonyl (C=O) groups excluding carboxylic acids is 4. The number of H-pyrrole nitrogens is 1. The van der Waals surface area contributed by atoms with Gasteiger partial charge < -0.3 is 51.7 Å². The van der Waals surface area contributed by atoms with E-state index in [0.717, 1.165) is 16.0 Å². The largest absolute Gasteiger partial charge is 0.480 e. The van der Waals surface area contributed by atoms with Crippen molar-refractivity contribution in [3.63, 3.8) is 0 Å². The Morgan fingerprint density at radius 1 is 1.06 bits per heavy atom. The second-order valence-electron chi connectivity index (χ2n) is 13.4. The molecule has 282 valence electrons. The molecule has 4 rings (SSSR count). The third kappa shape index (κ3) is 10.3. The molecule has 1 aliphatic rings. The van der Waals surface area contributed by atoms with Gasteiger partial charge in [-0.2, -0.15) is 0 Å². The lowest BCUT2D eigenvalue weighted by atomic mass is 10.0. The number of likely N-dealkylation sites (tertiary alicyclic amines) is 1. The molecule has 1 aromatic heterocycles. The number of fused-ring (bicyclic) bond motifs is 1. The molecular weight excluding hydrogens is 679 g/mol. The lowest BCUT2D eigenvalue weighted by Gasteiger charge is -2.32. The molecular formula is C36H47FN6O9. The maximum Gasteiger partial charge on any atom is 0.332 e. The second kappa shape index (κ2) is 18.0. The molecule has 6 atom stereocenters. The molecule has 0 aliphatic carbocycles. The molecule has 1 aliphatic heterocycles. The quantitative estimate of drug-likeness (QED) is 0.0946. The first-order valence-electron chi connectivity index (χ1n) is 17.1. The van der Waals surface area contributed by atoms with Crippen LogP contribution in [0.15, 0.2) is 48.7 Å². The monoisotopic (exact) mass is 726 g/mol. The van der Waals surface area contributed by atoms with Crippen LogP contribution in [-0.4, -0.2) is 106 Å². The van der Waals surface area contributed by atoms with Crippen LogP contribution < -0.4 is 22.1 Å². The van der Waals surface area contributed by atoms with Crippen molar-refractivity contribution in [2.24, 2.45) is 17.4 Å². The third-order valence-corrected chi connectivity index (χ3v) is 8.72. The second-order valence-corrected chi connectivity index (χ2v) is 13.4. The summed E-state index contributed by atoms with van der Waals surface area (Å²) in [6.07, 6.45) is -0.978. The Morgan fingerprint density at radius 2 is 1.79 bits per heavy atom. The molecule has 0 bridgehead atoms. The predicted molar refractivity (Wildman–Crippen MR) is 187 cm³/mol. The number of ether oxygens (including phenoxy) is 2. The number of aromatic amines is 1. The van der Waals surface area contributed by atoms with Gasteiger partial charge in [-0.3, -0.25) is 14.4 Å². The number of aliphatic hydroxyl groups excluding tert-OH is 1. The number of amides is 3. The maximum absolute atomic E-state index is 14.5. The van der Waals surface area contributed by atoms with Gasteiger partial charge in [-0.05, 0) is 60.6 Å². The molecule has 0 spiro atoms. The van der Waals surface area contributed by atoms with E-state index >= 15 is 0 Å². The van der Waals surface area contributed by atoms with E-state index in [4.69, 9.17) is 20.9 Å². The first-order chi connectivity index (χ1) is 24.7. The van der Waals surface area contributed by atoms with Crippen LogP contribution in [0.5, 0.6) is 0 Å². The molecule has 1 saturated heterocycles. The normalized spacial score (nSPS) is 18.1. The van der Waals surface area contributed by atoms with Crippen molar-refractivity contribution in [3.05, 3.63) is 71.2 Å². The fourth-order valence-electron chi connectivity index (χ4n) is 6.05. The lowest BCUT2D eigenvalue weighted by molar-refractivity contribution is -0.155. The van der Waals surface area contributed by atoms with Crippen LogP contribution in [-0.2, 0) is 52.8 Å². The number of aromatic nitrogens is 1. The van der Waals surface area contributed by atoms with Crippen LogP contribution in [0.3, 0.4) is 0 Å². The minimum Gasteiger partial charge on any atom is -0.480 e. The van der Waals surface area contributed by atoms with Crippen molar-refractivity contribution in [3.8, 4) is 0 Å². The number of carboxylic acids is 1. The Labute approximate surface area is 300 Å². The Morgan fingerprint density at radius 3 is 2.46 bits per heavy atom. The summed E-state index contributed by atoms with van der Waals surface area (Å²) >= 11 is 0. The van der Waals surface area contributed by atoms with E-state index in [2.05, 4.69) is 15.6 Å². The summed E-state index contributed by atoms with van der Waals surface area (Å²) in [5.74, 6) is -5.06. The minimum atomic E-state index is -1.73. The van der Waals surface area contributed by atoms with Crippen molar-refractivity contribution in [2.75, 3.05) is 19.8 Å². The van der Waals surface area contributed by atoms with Crippen LogP contribution in [0.25, 0.3) is 10.9 Å². The molecule has 0 unspecified atom stereocenters. The van der Waals surface area contributed by atoms with Crippen LogP contribution in [0.1, 0.15) is 43.9 Å². The molecule has 1 fully saturated rings. The highest BCUT2D eigenvalue weighted by Crippen LogP contribution is 2.26. The highest BCUT2D eigenvalue weighted by atomic mass is 19.1. The number of aliphatic hydroxyl groups is 1. The van der Waals surface area contributed by atoms with Gasteiger partial charge in [-0.1, -0.05) is 38.1 Å². The van der Waals surface area contributed by atoms with Crippen molar-refractivity contribution < 1.29 is 48.0 Å². The van der Waals surface area contributed by atoms with Crippen molar-refractivity contribution in [1.82, 2.24) is 20.5 Å². The molecule has 0 saturated carbocycles. The molecule has 0 radical (unpaired) electrons. The van der Waals surface area contributed by atoms with Crippen LogP contribution in [0.4, 0.5) is 4.39 Å². The van der Waals surface area contributed by atoms with E-state index in [-0.39, 0.29) is 44.9 Å². The highest BCUT2D eigenvalue weighted by molar-refractivity contribution is 5.96. The number of hydrogen-bond donors (Lipinski definition) is 7. The van der Waals surface area contributed by atoms with Gasteiger partial charge >= 0.3 is 11.9 Å². The fourth-order valence-corrected chi connectivity index (χ4v) is 6.05. The number of aliphatic carboxylic acids is 1. The average molecular weight is 727 g/mol. The Bertz CT molecular complexity index is 1750. The number of nitrogens with zero attached hydrogens (tertiary/aromatic N) is 1. The van der Waals surface area contributed by atoms with Gasteiger partial charge in [-0.15, -0.1) is 0 Å². The van der Waals surface area contributed by atoms with Gasteiger partial charge in [0.15, 0.2) is 6.04 Å². The van der Waals surface area contributed by atoms with Gasteiger partial charge in [0.25, 0.3) is 0 Å². The molecule has 3 aromatic rings. The molecule has 52 heavy (non-hydrogen) atoms. The van der Waals surface area contributed by atoms with Gasteiger partial charge in [0, 0.05) is 36.6 Å². The van der Waals surface area contributed by atoms with E-state index < -0.39 is 78.5 Å². The van der Waals surface area contributed by atoms with E-state index in [1.54, 1.807) is 18.3 Å². The molecule has 2 aromatic carbocycles. The molecule has 15 nitrogen and oxygen atoms in total. The number of nitrogens with two attached hydrogens (primary N) is 2. The average Bonchev–Trinajstić information content (AvgIpc) is 3.71. The number of benzene rings is 2. The van der Waals surface area contributed by atoms with Crippen molar-refractivity contribution >= 4 is 40.6 Å². The number of carboxylic acid groups (broad SMARTS) is 1. The molecule has 16 heteroatoms. The molecule has 9 N–H and O–H groups in total. The summed E-state index contributed by atoms with van der Waals surface area (Å²) in [6, 6.07) is 5.69. The standard InChI is InChI=1S/C36H47FN6O9/c1-19(2)17-52-30(45)18-51-29-9-10-43(32(29)34(47)42-31(20(3)44)36(49)50)35(48)28(13-23-16-40-27-8-7-24(37)14-25(23)27)41-33(46)26(39)12-21-5-4-6-22(11-21)15-38/h4-8,11,14,16,19-20,26,28-29,31-32,40,44H,9-10,12-13,15,17-18,38-39H2,1-3H3,(H,41,46)(H,42,47)(H,49,50)/t20-,26+,28+,29+,31+,32+/m1/s1. The van der Waals surface area contributed by atoms with Crippen LogP contribution in [0, 0.1) is 11.7 Å². The fraction of sp³-hybridized carbons (Fsp3) is 0.472. The summed E-state index contributed by atoms with van der Waals surface area (Å²) in [5.41, 5.74) is 14.7. The number of hydrogen-bond acceptors (Lipinski definition) is 10. The van der Waals surface area contributed by atoms with Crippen LogP contribution in [0.2, 0.25) is 0 Å². The van der Waals surface area contributed by atoms with Crippen LogP contribution >= 0.6 is 0 Å². The summed E-state index contributed by atoms with van der Waals surface area (Å²) in [5, 5.41) is 25.1. The Balaban J connectivity index is 1.64. The van der Waals surface area contributed by atoms with Gasteiger partial charge in [-0.25, -0.2) is 14.0 Å². The summed E-state index contributed by atoms with van der Waals surface area (Å²) in [7, 11) is 0. The van der Waals surface area contributed by atoms with Gasteiger partial charge in [0.2, 0.25) is 17.7 Å². The Hall–Kier alpha value is -4.90. The van der Waals surface area contributed by atoms with E-state index in [1.807, 2.05) is 26.0 Å². The summed E-state index contributed by atoms with van der Waals surface area (Å²) in [6.45, 7) is 4.67. The SMILES string of the molecule is CC(C)COC(=O)CO[C@H]1CCN(C(=O)[C@H](Cc2c[nH]c3ccc(F)cc23)NC(=O)[C@@H](N)Cc2cccc(CN)c2)[C@@H]1C(=O)N[C@H](C(=O)O)[C@@H](C)O. The predicted octanol–water partition coefficient (Wildman–Crippen LogP) is 0.499. The van der Waals surface area contributed by atoms with E-state index in [0.29, 0.717) is 16.5 Å². The zero-order valence-corrected chi connectivity index (χ0v) is 29.3. The minimum absolute atomic E-state index is 0.0560. The Kier molecular flexibility index (Phi) is 13.8. The molecule has 3 amide bonds. The zero-order chi connectivity index (χ0) is 38.1. The lowest BCUT2D eigenvalue weighted by Crippen LogP contribution is -2.60. The summed E-state index contributed by atoms with van der Waals surface area (Å²) in [4.78, 5) is 70.2. The van der Waals surface area contributed by atoms with Crippen molar-refractivity contribution in [1.29, 1.82) is 0 Å². The maximum atomic E-state index is 14.5. The first kappa shape index (κ1) is 39.9. The smallest absolute Gasteiger partial charge is 0.332 e. The third-order valence-electron chi connectivity index (χ3n) is 8.72. The number of esters is 1. The number of nitrogens with one attached hydrogen (secondary N) is 3. The van der Waals surface area contributed by atoms with Gasteiger partial charge in [0.1, 0.15) is 24.5 Å². The number of carbonyl (C=O) groups is 5. The van der Waals surface area contributed by atoms with Crippen molar-refractivity contribution in [2.45, 2.75) is 83.0 Å². The zero-order valence-electron chi connectivity index (χ0n) is 29.3. The van der Waals surface area contributed by atoms with Gasteiger partial charge in [0.05, 0.1) is 24.9 Å².